The van der Waals surface area contributed by atoms with Crippen LogP contribution in [0.3, 0.4) is 0 Å². The summed E-state index contributed by atoms with van der Waals surface area (Å²) < 4.78 is 12.5. The molecular formula is C13H14Br2O2. The van der Waals surface area contributed by atoms with E-state index in [2.05, 4.69) is 44.0 Å². The molecule has 0 saturated heterocycles. The van der Waals surface area contributed by atoms with Gasteiger partial charge in [-0.1, -0.05) is 15.9 Å². The van der Waals surface area contributed by atoms with Crippen molar-refractivity contribution in [3.8, 4) is 11.5 Å². The fourth-order valence-electron chi connectivity index (χ4n) is 2.29. The second-order valence-corrected chi connectivity index (χ2v) is 6.14. The molecular weight excluding hydrogens is 348 g/mol. The Balaban J connectivity index is 1.92. The summed E-state index contributed by atoms with van der Waals surface area (Å²) in [6, 6.07) is 4.33. The van der Waals surface area contributed by atoms with E-state index in [1.54, 1.807) is 0 Å². The first kappa shape index (κ1) is 11.8. The molecule has 2 aliphatic rings. The lowest BCUT2D eigenvalue weighted by Gasteiger charge is -2.11. The fourth-order valence-corrected chi connectivity index (χ4v) is 3.58. The average Bonchev–Trinajstić information content (AvgIpc) is 3.12. The highest BCUT2D eigenvalue weighted by Gasteiger charge is 2.38. The normalized spacial score (nSPS) is 26.5. The minimum atomic E-state index is 0.683. The molecule has 1 aromatic rings. The van der Waals surface area contributed by atoms with Crippen LogP contribution in [0.2, 0.25) is 0 Å². The lowest BCUT2D eigenvalue weighted by Crippen LogP contribution is -1.97. The maximum atomic E-state index is 5.75. The van der Waals surface area contributed by atoms with E-state index in [9.17, 15) is 0 Å². The Hall–Kier alpha value is -0.220. The van der Waals surface area contributed by atoms with E-state index in [1.165, 1.54) is 12.0 Å². The number of fused-ring (bicyclic) bond motifs is 1. The molecule has 2 nitrogen and oxygen atoms in total. The SMILES string of the molecule is BrCC1CC1c1cc(Br)c2c(c1)OCCCO2. The van der Waals surface area contributed by atoms with Gasteiger partial charge in [0.1, 0.15) is 0 Å². The van der Waals surface area contributed by atoms with Crippen LogP contribution in [0, 0.1) is 5.92 Å². The van der Waals surface area contributed by atoms with Crippen molar-refractivity contribution in [3.63, 3.8) is 0 Å². The van der Waals surface area contributed by atoms with Gasteiger partial charge in [-0.05, 0) is 51.9 Å². The van der Waals surface area contributed by atoms with Crippen LogP contribution in [0.1, 0.15) is 24.3 Å². The Bertz CT molecular complexity index is 434. The largest absolute Gasteiger partial charge is 0.490 e. The molecule has 2 atom stereocenters. The van der Waals surface area contributed by atoms with Gasteiger partial charge in [-0.15, -0.1) is 0 Å². The first-order valence-corrected chi connectivity index (χ1v) is 7.86. The Morgan fingerprint density at radius 3 is 2.82 bits per heavy atom. The van der Waals surface area contributed by atoms with E-state index in [0.717, 1.165) is 46.9 Å². The molecule has 1 aliphatic heterocycles. The van der Waals surface area contributed by atoms with Crippen LogP contribution < -0.4 is 9.47 Å². The average molecular weight is 362 g/mol. The molecule has 0 amide bonds. The Labute approximate surface area is 118 Å². The number of rotatable bonds is 2. The lowest BCUT2D eigenvalue weighted by atomic mass is 10.1. The first-order valence-electron chi connectivity index (χ1n) is 5.94. The van der Waals surface area contributed by atoms with E-state index < -0.39 is 0 Å². The third-order valence-corrected chi connectivity index (χ3v) is 4.79. The van der Waals surface area contributed by atoms with Gasteiger partial charge in [0.05, 0.1) is 17.7 Å². The van der Waals surface area contributed by atoms with Crippen molar-refractivity contribution in [2.75, 3.05) is 18.5 Å². The van der Waals surface area contributed by atoms with Crippen molar-refractivity contribution in [2.24, 2.45) is 5.92 Å². The summed E-state index contributed by atoms with van der Waals surface area (Å²) in [7, 11) is 0. The highest BCUT2D eigenvalue weighted by Crippen LogP contribution is 2.51. The van der Waals surface area contributed by atoms with Crippen LogP contribution in [0.5, 0.6) is 11.5 Å². The third-order valence-electron chi connectivity index (χ3n) is 3.37. The topological polar surface area (TPSA) is 18.5 Å². The molecule has 1 saturated carbocycles. The highest BCUT2D eigenvalue weighted by molar-refractivity contribution is 9.10. The van der Waals surface area contributed by atoms with Crippen molar-refractivity contribution in [3.05, 3.63) is 22.2 Å². The summed E-state index contributed by atoms with van der Waals surface area (Å²) in [5.41, 5.74) is 1.37. The lowest BCUT2D eigenvalue weighted by molar-refractivity contribution is 0.296. The number of hydrogen-bond donors (Lipinski definition) is 0. The number of ether oxygens (including phenoxy) is 2. The number of benzene rings is 1. The van der Waals surface area contributed by atoms with Gasteiger partial charge in [-0.3, -0.25) is 0 Å². The van der Waals surface area contributed by atoms with Gasteiger partial charge in [0.15, 0.2) is 11.5 Å². The third kappa shape index (κ3) is 2.34. The molecule has 0 N–H and O–H groups in total. The molecule has 1 heterocycles. The summed E-state index contributed by atoms with van der Waals surface area (Å²) in [6.07, 6.45) is 2.22. The zero-order valence-corrected chi connectivity index (χ0v) is 12.6. The fraction of sp³-hybridized carbons (Fsp3) is 0.538. The molecule has 3 rings (SSSR count). The summed E-state index contributed by atoms with van der Waals surface area (Å²) in [4.78, 5) is 0. The van der Waals surface area contributed by atoms with Gasteiger partial charge in [0, 0.05) is 11.8 Å². The molecule has 0 radical (unpaired) electrons. The minimum absolute atomic E-state index is 0.683. The summed E-state index contributed by atoms with van der Waals surface area (Å²) in [5.74, 6) is 3.23. The monoisotopic (exact) mass is 360 g/mol. The van der Waals surface area contributed by atoms with Gasteiger partial charge in [0.25, 0.3) is 0 Å². The van der Waals surface area contributed by atoms with Crippen LogP contribution >= 0.6 is 31.9 Å². The van der Waals surface area contributed by atoms with Gasteiger partial charge in [-0.2, -0.15) is 0 Å². The standard InChI is InChI=1S/C13H14Br2O2/c14-7-9-4-10(9)8-5-11(15)13-12(6-8)16-2-1-3-17-13/h5-6,9-10H,1-4,7H2. The molecule has 4 heteroatoms. The van der Waals surface area contributed by atoms with Gasteiger partial charge in [0.2, 0.25) is 0 Å². The molecule has 0 bridgehead atoms. The van der Waals surface area contributed by atoms with Crippen LogP contribution in [0.25, 0.3) is 0 Å². The van der Waals surface area contributed by atoms with Crippen molar-refractivity contribution in [1.82, 2.24) is 0 Å². The summed E-state index contributed by atoms with van der Waals surface area (Å²) >= 11 is 7.14. The van der Waals surface area contributed by atoms with Crippen LogP contribution in [0.4, 0.5) is 0 Å². The van der Waals surface area contributed by atoms with Gasteiger partial charge in [-0.25, -0.2) is 0 Å². The maximum Gasteiger partial charge on any atom is 0.175 e. The van der Waals surface area contributed by atoms with E-state index in [1.807, 2.05) is 0 Å². The zero-order chi connectivity index (χ0) is 11.8. The molecule has 1 aromatic carbocycles. The first-order chi connectivity index (χ1) is 8.29. The summed E-state index contributed by atoms with van der Waals surface area (Å²) in [5, 5.41) is 1.09. The van der Waals surface area contributed by atoms with Crippen molar-refractivity contribution < 1.29 is 9.47 Å². The quantitative estimate of drug-likeness (QED) is 0.738. The molecule has 17 heavy (non-hydrogen) atoms. The van der Waals surface area contributed by atoms with Crippen LogP contribution in [-0.4, -0.2) is 18.5 Å². The van der Waals surface area contributed by atoms with Crippen LogP contribution in [0.15, 0.2) is 16.6 Å². The number of alkyl halides is 1. The number of hydrogen-bond acceptors (Lipinski definition) is 2. The maximum absolute atomic E-state index is 5.75. The van der Waals surface area contributed by atoms with E-state index in [-0.39, 0.29) is 0 Å². The summed E-state index contributed by atoms with van der Waals surface area (Å²) in [6.45, 7) is 1.48. The molecule has 2 unspecified atom stereocenters. The highest BCUT2D eigenvalue weighted by atomic mass is 79.9. The van der Waals surface area contributed by atoms with Crippen molar-refractivity contribution in [2.45, 2.75) is 18.8 Å². The van der Waals surface area contributed by atoms with E-state index in [4.69, 9.17) is 9.47 Å². The Morgan fingerprint density at radius 2 is 2.06 bits per heavy atom. The molecule has 92 valence electrons. The molecule has 0 aromatic heterocycles. The molecule has 1 fully saturated rings. The van der Waals surface area contributed by atoms with E-state index >= 15 is 0 Å². The second kappa shape index (κ2) is 4.81. The minimum Gasteiger partial charge on any atom is -0.490 e. The predicted octanol–water partition coefficient (Wildman–Crippen LogP) is 4.11. The van der Waals surface area contributed by atoms with Gasteiger partial charge < -0.3 is 9.47 Å². The zero-order valence-electron chi connectivity index (χ0n) is 9.42. The van der Waals surface area contributed by atoms with Crippen molar-refractivity contribution >= 4 is 31.9 Å². The van der Waals surface area contributed by atoms with Crippen molar-refractivity contribution in [1.29, 1.82) is 0 Å². The second-order valence-electron chi connectivity index (χ2n) is 4.64. The molecule has 0 spiro atoms. The Morgan fingerprint density at radius 1 is 1.24 bits per heavy atom. The van der Waals surface area contributed by atoms with E-state index in [0.29, 0.717) is 5.92 Å². The number of halogens is 2. The Kier molecular flexibility index (Phi) is 3.35. The predicted molar refractivity (Wildman–Crippen MR) is 74.4 cm³/mol. The van der Waals surface area contributed by atoms with Crippen LogP contribution in [-0.2, 0) is 0 Å². The smallest absolute Gasteiger partial charge is 0.175 e. The van der Waals surface area contributed by atoms with Gasteiger partial charge >= 0.3 is 0 Å². The molecule has 1 aliphatic carbocycles.